The molecule has 30 heavy (non-hydrogen) atoms. The normalized spacial score (nSPS) is 11.7. The van der Waals surface area contributed by atoms with Crippen LogP contribution in [0.15, 0.2) is 58.8 Å². The van der Waals surface area contributed by atoms with Gasteiger partial charge in [-0.1, -0.05) is 23.7 Å². The number of halogens is 5. The standard InChI is InChI=1S/C19H14ClF4N5O/c1-30-13-5-2-11(3-6-13)10-25-29-18-27-16(20)9-17(28-18)26-12-4-7-15(21)14(8-12)19(22,23)24/h2-9H,10H2,1H3,(H,26,27,28). The molecule has 0 radical (unpaired) electrons. The van der Waals surface area contributed by atoms with E-state index < -0.39 is 17.6 Å². The predicted octanol–water partition coefficient (Wildman–Crippen LogP) is 6.32. The summed E-state index contributed by atoms with van der Waals surface area (Å²) in [6.45, 7) is 0.246. The molecule has 0 aliphatic carbocycles. The highest BCUT2D eigenvalue weighted by atomic mass is 35.5. The van der Waals surface area contributed by atoms with E-state index in [0.29, 0.717) is 17.9 Å². The first kappa shape index (κ1) is 21.4. The summed E-state index contributed by atoms with van der Waals surface area (Å²) in [6.07, 6.45) is -4.83. The second-order valence-electron chi connectivity index (χ2n) is 5.94. The van der Waals surface area contributed by atoms with Crippen molar-refractivity contribution in [2.75, 3.05) is 12.4 Å². The summed E-state index contributed by atoms with van der Waals surface area (Å²) in [5.41, 5.74) is -0.558. The maximum absolute atomic E-state index is 13.4. The highest BCUT2D eigenvalue weighted by Gasteiger charge is 2.34. The number of alkyl halides is 3. The third-order valence-corrected chi connectivity index (χ3v) is 3.99. The summed E-state index contributed by atoms with van der Waals surface area (Å²) < 4.78 is 57.1. The molecule has 3 rings (SSSR count). The average Bonchev–Trinajstić information content (AvgIpc) is 2.69. The molecule has 0 aliphatic heterocycles. The van der Waals surface area contributed by atoms with Gasteiger partial charge in [-0.2, -0.15) is 28.3 Å². The van der Waals surface area contributed by atoms with Crippen molar-refractivity contribution in [1.29, 1.82) is 0 Å². The lowest BCUT2D eigenvalue weighted by molar-refractivity contribution is -0.139. The smallest absolute Gasteiger partial charge is 0.419 e. The topological polar surface area (TPSA) is 71.8 Å². The zero-order valence-corrected chi connectivity index (χ0v) is 16.2. The minimum absolute atomic E-state index is 0.00375. The molecule has 0 atom stereocenters. The molecule has 2 aromatic carbocycles. The second-order valence-corrected chi connectivity index (χ2v) is 6.33. The van der Waals surface area contributed by atoms with Crippen molar-refractivity contribution in [3.05, 3.63) is 70.6 Å². The number of aromatic nitrogens is 2. The minimum Gasteiger partial charge on any atom is -0.497 e. The van der Waals surface area contributed by atoms with E-state index in [-0.39, 0.29) is 29.2 Å². The first-order valence-corrected chi connectivity index (χ1v) is 8.81. The lowest BCUT2D eigenvalue weighted by Crippen LogP contribution is -2.08. The summed E-state index contributed by atoms with van der Waals surface area (Å²) in [7, 11) is 1.56. The van der Waals surface area contributed by atoms with Crippen molar-refractivity contribution in [2.45, 2.75) is 12.7 Å². The third-order valence-electron chi connectivity index (χ3n) is 3.80. The van der Waals surface area contributed by atoms with Crippen molar-refractivity contribution in [2.24, 2.45) is 10.2 Å². The molecule has 0 bridgehead atoms. The SMILES string of the molecule is COc1ccc(CN=Nc2nc(Cl)cc(Nc3ccc(F)c(C(F)(F)F)c3)n2)cc1. The van der Waals surface area contributed by atoms with E-state index in [1.165, 1.54) is 6.07 Å². The molecular weight excluding hydrogens is 426 g/mol. The third kappa shape index (κ3) is 5.63. The van der Waals surface area contributed by atoms with Crippen molar-refractivity contribution in [1.82, 2.24) is 9.97 Å². The molecule has 3 aromatic rings. The van der Waals surface area contributed by atoms with Crippen LogP contribution in [0.5, 0.6) is 5.75 Å². The van der Waals surface area contributed by atoms with Crippen molar-refractivity contribution in [3.63, 3.8) is 0 Å². The molecule has 11 heteroatoms. The van der Waals surface area contributed by atoms with E-state index in [1.807, 2.05) is 12.1 Å². The fraction of sp³-hybridized carbons (Fsp3) is 0.158. The van der Waals surface area contributed by atoms with Gasteiger partial charge in [0, 0.05) is 11.8 Å². The Kier molecular flexibility index (Phi) is 6.46. The number of hydrogen-bond acceptors (Lipinski definition) is 6. The zero-order chi connectivity index (χ0) is 21.7. The Bertz CT molecular complexity index is 1060. The molecule has 0 aliphatic rings. The maximum Gasteiger partial charge on any atom is 0.419 e. The predicted molar refractivity (Wildman–Crippen MR) is 103 cm³/mol. The number of anilines is 2. The molecule has 0 unspecified atom stereocenters. The van der Waals surface area contributed by atoms with Crippen LogP contribution in [0.2, 0.25) is 5.15 Å². The Morgan fingerprint density at radius 1 is 1.07 bits per heavy atom. The van der Waals surface area contributed by atoms with Gasteiger partial charge in [-0.05, 0) is 35.9 Å². The fourth-order valence-corrected chi connectivity index (χ4v) is 2.57. The molecular formula is C19H14ClF4N5O. The van der Waals surface area contributed by atoms with E-state index in [4.69, 9.17) is 16.3 Å². The first-order valence-electron chi connectivity index (χ1n) is 8.43. The van der Waals surface area contributed by atoms with Gasteiger partial charge in [0.05, 0.1) is 19.2 Å². The van der Waals surface area contributed by atoms with Gasteiger partial charge in [-0.15, -0.1) is 5.11 Å². The molecule has 1 N–H and O–H groups in total. The highest BCUT2D eigenvalue weighted by Crippen LogP contribution is 2.33. The van der Waals surface area contributed by atoms with Crippen molar-refractivity contribution >= 4 is 29.1 Å². The lowest BCUT2D eigenvalue weighted by atomic mass is 10.2. The molecule has 1 heterocycles. The van der Waals surface area contributed by atoms with Crippen LogP contribution in [0.3, 0.4) is 0 Å². The van der Waals surface area contributed by atoms with E-state index in [1.54, 1.807) is 19.2 Å². The summed E-state index contributed by atoms with van der Waals surface area (Å²) in [5.74, 6) is -0.675. The quantitative estimate of drug-likeness (QED) is 0.277. The second kappa shape index (κ2) is 9.04. The van der Waals surface area contributed by atoms with Gasteiger partial charge in [0.2, 0.25) is 0 Å². The Labute approximate surface area is 173 Å². The average molecular weight is 440 g/mol. The Morgan fingerprint density at radius 3 is 2.47 bits per heavy atom. The Hall–Kier alpha value is -3.27. The van der Waals surface area contributed by atoms with Crippen LogP contribution >= 0.6 is 11.6 Å². The summed E-state index contributed by atoms with van der Waals surface area (Å²) >= 11 is 5.93. The lowest BCUT2D eigenvalue weighted by Gasteiger charge is -2.11. The number of benzene rings is 2. The summed E-state index contributed by atoms with van der Waals surface area (Å²) in [5, 5.41) is 10.5. The van der Waals surface area contributed by atoms with Gasteiger partial charge in [0.25, 0.3) is 5.95 Å². The Balaban J connectivity index is 1.75. The van der Waals surface area contributed by atoms with E-state index in [9.17, 15) is 17.6 Å². The van der Waals surface area contributed by atoms with Gasteiger partial charge in [-0.3, -0.25) is 0 Å². The fourth-order valence-electron chi connectivity index (χ4n) is 2.39. The molecule has 0 spiro atoms. The molecule has 0 saturated carbocycles. The number of azo groups is 1. The zero-order valence-electron chi connectivity index (χ0n) is 15.4. The van der Waals surface area contributed by atoms with Crippen LogP contribution in [0.1, 0.15) is 11.1 Å². The molecule has 0 saturated heterocycles. The number of rotatable bonds is 6. The van der Waals surface area contributed by atoms with E-state index >= 15 is 0 Å². The molecule has 0 amide bonds. The minimum atomic E-state index is -4.83. The first-order chi connectivity index (χ1) is 14.2. The number of methoxy groups -OCH3 is 1. The van der Waals surface area contributed by atoms with Crippen molar-refractivity contribution < 1.29 is 22.3 Å². The van der Waals surface area contributed by atoms with Gasteiger partial charge in [-0.25, -0.2) is 4.39 Å². The van der Waals surface area contributed by atoms with E-state index in [2.05, 4.69) is 25.5 Å². The van der Waals surface area contributed by atoms with Gasteiger partial charge in [0.15, 0.2) is 0 Å². The summed E-state index contributed by atoms with van der Waals surface area (Å²) in [4.78, 5) is 7.94. The number of nitrogens with one attached hydrogen (secondary N) is 1. The maximum atomic E-state index is 13.4. The van der Waals surface area contributed by atoms with Crippen LogP contribution in [0, 0.1) is 5.82 Å². The van der Waals surface area contributed by atoms with Gasteiger partial charge < -0.3 is 10.1 Å². The molecule has 6 nitrogen and oxygen atoms in total. The van der Waals surface area contributed by atoms with E-state index in [0.717, 1.165) is 11.6 Å². The summed E-state index contributed by atoms with van der Waals surface area (Å²) in [6, 6.07) is 11.0. The molecule has 1 aromatic heterocycles. The van der Waals surface area contributed by atoms with Crippen LogP contribution in [-0.2, 0) is 12.7 Å². The van der Waals surface area contributed by atoms with Crippen LogP contribution in [0.4, 0.5) is 35.0 Å². The van der Waals surface area contributed by atoms with Crippen LogP contribution in [0.25, 0.3) is 0 Å². The number of hydrogen-bond donors (Lipinski definition) is 1. The van der Waals surface area contributed by atoms with Crippen molar-refractivity contribution in [3.8, 4) is 5.75 Å². The highest BCUT2D eigenvalue weighted by molar-refractivity contribution is 6.29. The monoisotopic (exact) mass is 439 g/mol. The van der Waals surface area contributed by atoms with Gasteiger partial charge in [0.1, 0.15) is 22.5 Å². The van der Waals surface area contributed by atoms with Crippen LogP contribution < -0.4 is 10.1 Å². The van der Waals surface area contributed by atoms with Crippen LogP contribution in [-0.4, -0.2) is 17.1 Å². The molecule has 156 valence electrons. The number of nitrogens with zero attached hydrogens (tertiary/aromatic N) is 4. The molecule has 0 fully saturated rings. The largest absolute Gasteiger partial charge is 0.497 e. The number of ether oxygens (including phenoxy) is 1. The van der Waals surface area contributed by atoms with Gasteiger partial charge >= 0.3 is 6.18 Å². The Morgan fingerprint density at radius 2 is 1.80 bits per heavy atom.